The highest BCUT2D eigenvalue weighted by Gasteiger charge is 2.32. The lowest BCUT2D eigenvalue weighted by molar-refractivity contribution is -0.132. The van der Waals surface area contributed by atoms with Crippen LogP contribution in [0.15, 0.2) is 41.8 Å². The van der Waals surface area contributed by atoms with Crippen molar-refractivity contribution in [1.82, 2.24) is 10.2 Å². The molecule has 1 aromatic carbocycles. The third-order valence-corrected chi connectivity index (χ3v) is 5.38. The van der Waals surface area contributed by atoms with Crippen LogP contribution in [-0.4, -0.2) is 35.6 Å². The minimum Gasteiger partial charge on any atom is -0.355 e. The maximum atomic E-state index is 12.6. The number of Topliss-reactive ketones (excluding diaryl/α,β-unsaturated/α-hetero) is 1. The van der Waals surface area contributed by atoms with Gasteiger partial charge in [-0.15, -0.1) is 11.3 Å². The Morgan fingerprint density at radius 2 is 1.85 bits per heavy atom. The van der Waals surface area contributed by atoms with E-state index in [0.717, 1.165) is 18.4 Å². The van der Waals surface area contributed by atoms with Gasteiger partial charge in [-0.3, -0.25) is 14.4 Å². The minimum atomic E-state index is -0.126. The Balaban J connectivity index is 1.59. The lowest BCUT2D eigenvalue weighted by Gasteiger charge is -2.22. The fourth-order valence-electron chi connectivity index (χ4n) is 2.83. The molecule has 0 aliphatic heterocycles. The molecule has 1 aliphatic rings. The number of rotatable bonds is 8. The van der Waals surface area contributed by atoms with E-state index in [1.54, 1.807) is 25.2 Å². The topological polar surface area (TPSA) is 66.5 Å². The van der Waals surface area contributed by atoms with E-state index in [9.17, 15) is 14.4 Å². The van der Waals surface area contributed by atoms with Gasteiger partial charge in [0, 0.05) is 38.0 Å². The van der Waals surface area contributed by atoms with E-state index >= 15 is 0 Å². The number of amides is 2. The lowest BCUT2D eigenvalue weighted by Crippen LogP contribution is -2.32. The molecular formula is C20H22N2O3S. The first-order chi connectivity index (χ1) is 12.6. The second-order valence-electron chi connectivity index (χ2n) is 6.43. The highest BCUT2D eigenvalue weighted by Crippen LogP contribution is 2.29. The summed E-state index contributed by atoms with van der Waals surface area (Å²) in [7, 11) is 1.60. The normalized spacial score (nSPS) is 13.3. The van der Waals surface area contributed by atoms with Gasteiger partial charge in [-0.2, -0.15) is 0 Å². The van der Waals surface area contributed by atoms with Crippen LogP contribution in [0.4, 0.5) is 0 Å². The second kappa shape index (κ2) is 8.27. The molecule has 2 amide bonds. The SMILES string of the molecule is CNC(=O)c1ccc(CN(C(=O)CCC(=O)c2cccs2)C2CC2)cc1. The van der Waals surface area contributed by atoms with Gasteiger partial charge in [0.05, 0.1) is 4.88 Å². The number of carbonyl (C=O) groups is 3. The van der Waals surface area contributed by atoms with Crippen LogP contribution in [0.5, 0.6) is 0 Å². The highest BCUT2D eigenvalue weighted by atomic mass is 32.1. The van der Waals surface area contributed by atoms with Crippen LogP contribution in [0.3, 0.4) is 0 Å². The molecule has 0 bridgehead atoms. The number of nitrogens with zero attached hydrogens (tertiary/aromatic N) is 1. The van der Waals surface area contributed by atoms with E-state index in [1.807, 2.05) is 28.5 Å². The molecule has 3 rings (SSSR count). The Labute approximate surface area is 157 Å². The third-order valence-electron chi connectivity index (χ3n) is 4.47. The van der Waals surface area contributed by atoms with Gasteiger partial charge in [-0.25, -0.2) is 0 Å². The van der Waals surface area contributed by atoms with Crippen molar-refractivity contribution in [2.45, 2.75) is 38.3 Å². The van der Waals surface area contributed by atoms with E-state index in [1.165, 1.54) is 11.3 Å². The van der Waals surface area contributed by atoms with Crippen molar-refractivity contribution >= 4 is 28.9 Å². The van der Waals surface area contributed by atoms with Crippen molar-refractivity contribution in [3.63, 3.8) is 0 Å². The van der Waals surface area contributed by atoms with E-state index in [2.05, 4.69) is 5.32 Å². The maximum absolute atomic E-state index is 12.6. The lowest BCUT2D eigenvalue weighted by atomic mass is 10.1. The Kier molecular flexibility index (Phi) is 5.83. The first-order valence-electron chi connectivity index (χ1n) is 8.75. The third kappa shape index (κ3) is 4.58. The molecule has 1 fully saturated rings. The average molecular weight is 370 g/mol. The van der Waals surface area contributed by atoms with Gasteiger partial charge in [0.1, 0.15) is 0 Å². The molecule has 1 N–H and O–H groups in total. The summed E-state index contributed by atoms with van der Waals surface area (Å²) >= 11 is 1.41. The molecular weight excluding hydrogens is 348 g/mol. The number of carbonyl (C=O) groups excluding carboxylic acids is 3. The van der Waals surface area contributed by atoms with Crippen LogP contribution in [-0.2, 0) is 11.3 Å². The Hall–Kier alpha value is -2.47. The highest BCUT2D eigenvalue weighted by molar-refractivity contribution is 7.12. The predicted molar refractivity (Wildman–Crippen MR) is 101 cm³/mol. The molecule has 1 heterocycles. The van der Waals surface area contributed by atoms with E-state index in [-0.39, 0.29) is 36.5 Å². The molecule has 0 spiro atoms. The summed E-state index contributed by atoms with van der Waals surface area (Å²) in [5, 5.41) is 4.46. The first kappa shape index (κ1) is 18.3. The molecule has 0 atom stereocenters. The number of nitrogens with one attached hydrogen (secondary N) is 1. The molecule has 1 aromatic heterocycles. The van der Waals surface area contributed by atoms with Crippen molar-refractivity contribution in [3.8, 4) is 0 Å². The van der Waals surface area contributed by atoms with Gasteiger partial charge < -0.3 is 10.2 Å². The van der Waals surface area contributed by atoms with E-state index < -0.39 is 0 Å². The van der Waals surface area contributed by atoms with Gasteiger partial charge in [0.15, 0.2) is 5.78 Å². The minimum absolute atomic E-state index is 0.0211. The van der Waals surface area contributed by atoms with Crippen molar-refractivity contribution in [1.29, 1.82) is 0 Å². The second-order valence-corrected chi connectivity index (χ2v) is 7.38. The molecule has 6 heteroatoms. The molecule has 1 saturated carbocycles. The number of benzene rings is 1. The van der Waals surface area contributed by atoms with Crippen molar-refractivity contribution in [2.75, 3.05) is 7.05 Å². The first-order valence-corrected chi connectivity index (χ1v) is 9.63. The summed E-state index contributed by atoms with van der Waals surface area (Å²) in [6.07, 6.45) is 2.52. The Morgan fingerprint density at radius 1 is 1.12 bits per heavy atom. The average Bonchev–Trinajstić information content (AvgIpc) is 3.36. The quantitative estimate of drug-likeness (QED) is 0.725. The zero-order valence-corrected chi connectivity index (χ0v) is 15.6. The molecule has 0 unspecified atom stereocenters. The van der Waals surface area contributed by atoms with Crippen LogP contribution in [0.25, 0.3) is 0 Å². The van der Waals surface area contributed by atoms with Gasteiger partial charge in [-0.1, -0.05) is 18.2 Å². The summed E-state index contributed by atoms with van der Waals surface area (Å²) in [4.78, 5) is 38.9. The van der Waals surface area contributed by atoms with Crippen LogP contribution < -0.4 is 5.32 Å². The number of hydrogen-bond acceptors (Lipinski definition) is 4. The van der Waals surface area contributed by atoms with Crippen LogP contribution in [0.1, 0.15) is 51.3 Å². The largest absolute Gasteiger partial charge is 0.355 e. The van der Waals surface area contributed by atoms with Gasteiger partial charge >= 0.3 is 0 Å². The molecule has 1 aliphatic carbocycles. The number of ketones is 1. The number of thiophene rings is 1. The smallest absolute Gasteiger partial charge is 0.251 e. The zero-order valence-electron chi connectivity index (χ0n) is 14.7. The summed E-state index contributed by atoms with van der Waals surface area (Å²) in [6.45, 7) is 0.519. The molecule has 0 radical (unpaired) electrons. The predicted octanol–water partition coefficient (Wildman–Crippen LogP) is 3.26. The van der Waals surface area contributed by atoms with Crippen molar-refractivity contribution in [2.24, 2.45) is 0 Å². The molecule has 136 valence electrons. The van der Waals surface area contributed by atoms with Gasteiger partial charge in [-0.05, 0) is 42.0 Å². The van der Waals surface area contributed by atoms with Crippen LogP contribution >= 0.6 is 11.3 Å². The summed E-state index contributed by atoms with van der Waals surface area (Å²) in [6, 6.07) is 11.2. The molecule has 0 saturated heterocycles. The van der Waals surface area contributed by atoms with Gasteiger partial charge in [0.2, 0.25) is 5.91 Å². The molecule has 2 aromatic rings. The standard InChI is InChI=1S/C20H22N2O3S/c1-21-20(25)15-6-4-14(5-7-15)13-22(16-8-9-16)19(24)11-10-17(23)18-3-2-12-26-18/h2-7,12,16H,8-11,13H2,1H3,(H,21,25). The van der Waals surface area contributed by atoms with E-state index in [4.69, 9.17) is 0 Å². The number of hydrogen-bond donors (Lipinski definition) is 1. The molecule has 5 nitrogen and oxygen atoms in total. The van der Waals surface area contributed by atoms with Crippen molar-refractivity contribution in [3.05, 3.63) is 57.8 Å². The van der Waals surface area contributed by atoms with Crippen LogP contribution in [0.2, 0.25) is 0 Å². The Morgan fingerprint density at radius 3 is 2.42 bits per heavy atom. The monoisotopic (exact) mass is 370 g/mol. The summed E-state index contributed by atoms with van der Waals surface area (Å²) < 4.78 is 0. The fraction of sp³-hybridized carbons (Fsp3) is 0.350. The van der Waals surface area contributed by atoms with E-state index in [0.29, 0.717) is 17.0 Å². The summed E-state index contributed by atoms with van der Waals surface area (Å²) in [5.74, 6) is -0.0782. The summed E-state index contributed by atoms with van der Waals surface area (Å²) in [5.41, 5.74) is 1.59. The maximum Gasteiger partial charge on any atom is 0.251 e. The molecule has 26 heavy (non-hydrogen) atoms. The zero-order chi connectivity index (χ0) is 18.5. The van der Waals surface area contributed by atoms with Gasteiger partial charge in [0.25, 0.3) is 5.91 Å². The Bertz CT molecular complexity index is 780. The fourth-order valence-corrected chi connectivity index (χ4v) is 3.53. The van der Waals surface area contributed by atoms with Crippen molar-refractivity contribution < 1.29 is 14.4 Å². The van der Waals surface area contributed by atoms with Crippen LogP contribution in [0, 0.1) is 0 Å².